The Hall–Kier alpha value is -2.03. The van der Waals surface area contributed by atoms with E-state index in [0.29, 0.717) is 26.3 Å². The predicted octanol–water partition coefficient (Wildman–Crippen LogP) is -4.91. The fourth-order valence-corrected chi connectivity index (χ4v) is 2.55. The number of nitrogens with zero attached hydrogens (tertiary/aromatic N) is 4. The average molecular weight is 376 g/mol. The van der Waals surface area contributed by atoms with E-state index in [1.165, 1.54) is 11.0 Å². The van der Waals surface area contributed by atoms with Crippen molar-refractivity contribution in [1.82, 2.24) is 5.27 Å². The smallest absolute Gasteiger partial charge is 0.326 e. The Kier molecular flexibility index (Phi) is 5.85. The molecule has 3 rings (SSSR count). The fourth-order valence-electron chi connectivity index (χ4n) is 2.55. The molecule has 2 fully saturated rings. The maximum atomic E-state index is 11.9. The second kappa shape index (κ2) is 8.11. The molecule has 0 radical (unpaired) electrons. The van der Waals surface area contributed by atoms with E-state index in [1.54, 1.807) is 0 Å². The lowest BCUT2D eigenvalue weighted by Gasteiger charge is -2.42. The minimum absolute atomic E-state index is 0.147. The van der Waals surface area contributed by atoms with Crippen LogP contribution in [0.2, 0.25) is 0 Å². The molecular formula is C13H20N4O9. The molecule has 2 aliphatic heterocycles. The van der Waals surface area contributed by atoms with E-state index in [0.717, 1.165) is 0 Å². The van der Waals surface area contributed by atoms with Gasteiger partial charge >= 0.3 is 5.88 Å². The van der Waals surface area contributed by atoms with Crippen molar-refractivity contribution in [3.63, 3.8) is 0 Å². The van der Waals surface area contributed by atoms with Crippen molar-refractivity contribution in [3.8, 4) is 0 Å². The average Bonchev–Trinajstić information content (AvgIpc) is 3.11. The summed E-state index contributed by atoms with van der Waals surface area (Å²) in [7, 11) is 0. The summed E-state index contributed by atoms with van der Waals surface area (Å²) in [6.45, 7) is 1.60. The number of rotatable bonds is 4. The zero-order valence-electron chi connectivity index (χ0n) is 13.6. The van der Waals surface area contributed by atoms with Crippen molar-refractivity contribution in [2.45, 2.75) is 30.7 Å². The molecule has 4 N–H and O–H groups in total. The Morgan fingerprint density at radius 1 is 1.31 bits per heavy atom. The minimum Gasteiger partial charge on any atom is -0.570 e. The van der Waals surface area contributed by atoms with Crippen molar-refractivity contribution in [1.29, 1.82) is 0 Å². The zero-order valence-corrected chi connectivity index (χ0v) is 13.6. The quantitative estimate of drug-likeness (QED) is 0.225. The summed E-state index contributed by atoms with van der Waals surface area (Å²) < 4.78 is 20.0. The van der Waals surface area contributed by atoms with E-state index in [9.17, 15) is 20.4 Å². The lowest BCUT2D eigenvalue weighted by atomic mass is 9.99. The maximum absolute atomic E-state index is 11.9. The Morgan fingerprint density at radius 3 is 2.73 bits per heavy atom. The molecule has 3 heterocycles. The van der Waals surface area contributed by atoms with Crippen molar-refractivity contribution >= 4 is 12.0 Å². The Bertz CT molecular complexity index is 619. The van der Waals surface area contributed by atoms with Crippen LogP contribution in [-0.2, 0) is 14.2 Å². The highest BCUT2D eigenvalue weighted by atomic mass is 16.7. The first-order valence-corrected chi connectivity index (χ1v) is 7.94. The van der Waals surface area contributed by atoms with Gasteiger partial charge in [-0.15, -0.1) is 5.01 Å². The molecule has 26 heavy (non-hydrogen) atoms. The number of ether oxygens (including phenoxy) is 3. The molecule has 2 saturated heterocycles. The van der Waals surface area contributed by atoms with E-state index < -0.39 is 43.4 Å². The second-order valence-corrected chi connectivity index (χ2v) is 5.72. The summed E-state index contributed by atoms with van der Waals surface area (Å²) in [4.78, 5) is 4.91. The van der Waals surface area contributed by atoms with Gasteiger partial charge in [-0.25, -0.2) is 0 Å². The van der Waals surface area contributed by atoms with Crippen molar-refractivity contribution in [2.75, 3.05) is 37.9 Å². The highest BCUT2D eigenvalue weighted by molar-refractivity contribution is 5.65. The molecule has 2 unspecified atom stereocenters. The maximum Gasteiger partial charge on any atom is 0.326 e. The summed E-state index contributed by atoms with van der Waals surface area (Å²) in [6.07, 6.45) is -7.54. The van der Waals surface area contributed by atoms with Gasteiger partial charge in [0.1, 0.15) is 30.7 Å². The molecule has 1 aromatic heterocycles. The molecule has 0 aliphatic carbocycles. The third kappa shape index (κ3) is 4.03. The van der Waals surface area contributed by atoms with Gasteiger partial charge in [0.15, 0.2) is 6.08 Å². The number of hydrogen-bond donors (Lipinski definition) is 4. The SMILES string of the molecule is [O-]C(=Nc1c[n+](N2CCOCC2)no1)O[C@@H]1OC(CO)[C@H](O)[C@H](O)C1O. The second-order valence-electron chi connectivity index (χ2n) is 5.72. The third-order valence-electron chi connectivity index (χ3n) is 3.99. The molecule has 2 aliphatic rings. The number of aromatic nitrogens is 2. The first-order valence-electron chi connectivity index (χ1n) is 7.94. The molecule has 146 valence electrons. The van der Waals surface area contributed by atoms with Gasteiger partial charge in [-0.3, -0.25) is 4.52 Å². The van der Waals surface area contributed by atoms with Gasteiger partial charge in [0.05, 0.1) is 37.7 Å². The van der Waals surface area contributed by atoms with Crippen LogP contribution in [0.3, 0.4) is 0 Å². The molecule has 5 atom stereocenters. The van der Waals surface area contributed by atoms with Gasteiger partial charge in [-0.05, 0) is 0 Å². The van der Waals surface area contributed by atoms with Crippen LogP contribution in [0.15, 0.2) is 15.7 Å². The first kappa shape index (κ1) is 18.8. The normalized spacial score (nSPS) is 33.3. The van der Waals surface area contributed by atoms with Gasteiger partial charge in [-0.2, -0.15) is 4.99 Å². The molecule has 13 nitrogen and oxygen atoms in total. The van der Waals surface area contributed by atoms with E-state index in [-0.39, 0.29) is 5.88 Å². The largest absolute Gasteiger partial charge is 0.570 e. The van der Waals surface area contributed by atoms with E-state index in [2.05, 4.69) is 10.3 Å². The molecule has 0 amide bonds. The highest BCUT2D eigenvalue weighted by Gasteiger charge is 2.42. The van der Waals surface area contributed by atoms with Crippen LogP contribution >= 0.6 is 0 Å². The van der Waals surface area contributed by atoms with Crippen LogP contribution in [0, 0.1) is 0 Å². The summed E-state index contributed by atoms with van der Waals surface area (Å²) in [6, 6.07) is 0. The zero-order chi connectivity index (χ0) is 18.7. The molecular weight excluding hydrogens is 356 g/mol. The monoisotopic (exact) mass is 376 g/mol. The third-order valence-corrected chi connectivity index (χ3v) is 3.99. The van der Waals surface area contributed by atoms with E-state index >= 15 is 0 Å². The Balaban J connectivity index is 1.63. The lowest BCUT2D eigenvalue weighted by molar-refractivity contribution is -0.759. The van der Waals surface area contributed by atoms with E-state index in [4.69, 9.17) is 23.8 Å². The molecule has 0 aromatic carbocycles. The number of morpholine rings is 1. The van der Waals surface area contributed by atoms with Crippen LogP contribution < -0.4 is 14.9 Å². The van der Waals surface area contributed by atoms with Crippen LogP contribution in [0.25, 0.3) is 0 Å². The Morgan fingerprint density at radius 2 is 2.04 bits per heavy atom. The number of aliphatic imine (C=N–C) groups is 1. The molecule has 0 spiro atoms. The van der Waals surface area contributed by atoms with Gasteiger partial charge in [0.25, 0.3) is 6.20 Å². The summed E-state index contributed by atoms with van der Waals surface area (Å²) >= 11 is 0. The van der Waals surface area contributed by atoms with E-state index in [1.807, 2.05) is 5.01 Å². The van der Waals surface area contributed by atoms with Crippen LogP contribution in [0.5, 0.6) is 0 Å². The standard InChI is InChI=1S/C13H20N4O9/c18-6-7-9(19)10(20)11(21)12(24-7)25-13(22)14-8-5-17(15-26-8)16-1-3-23-4-2-16/h5,7,9-12,18-21H,1-4,6H2/t7?,9-,10-,11?,12-/m0/s1. The number of hydrogen-bond acceptors (Lipinski definition) is 12. The van der Waals surface area contributed by atoms with Gasteiger partial charge < -0.3 is 39.7 Å². The van der Waals surface area contributed by atoms with Gasteiger partial charge in [0, 0.05) is 0 Å². The van der Waals surface area contributed by atoms with Crippen molar-refractivity contribution in [2.24, 2.45) is 4.99 Å². The van der Waals surface area contributed by atoms with Crippen LogP contribution in [-0.4, -0.2) is 95.4 Å². The van der Waals surface area contributed by atoms with Gasteiger partial charge in [0.2, 0.25) is 5.27 Å². The summed E-state index contributed by atoms with van der Waals surface area (Å²) in [5.74, 6) is -0.147. The lowest BCUT2D eigenvalue weighted by Crippen LogP contribution is -2.62. The van der Waals surface area contributed by atoms with Crippen LogP contribution in [0.4, 0.5) is 5.88 Å². The topological polar surface area (TPSA) is 177 Å². The molecule has 0 saturated carbocycles. The van der Waals surface area contributed by atoms with Crippen LogP contribution in [0.1, 0.15) is 0 Å². The van der Waals surface area contributed by atoms with Gasteiger partial charge in [-0.1, -0.05) is 0 Å². The first-order chi connectivity index (χ1) is 12.5. The molecule has 1 aromatic rings. The molecule has 0 bridgehead atoms. The number of aliphatic hydroxyl groups is 4. The highest BCUT2D eigenvalue weighted by Crippen LogP contribution is 2.22. The summed E-state index contributed by atoms with van der Waals surface area (Å²) in [5, 5.41) is 55.7. The number of aliphatic hydroxyl groups excluding tert-OH is 4. The minimum atomic E-state index is -1.71. The fraction of sp³-hybridized carbons (Fsp3) is 0.769. The Labute approximate surface area is 147 Å². The predicted molar refractivity (Wildman–Crippen MR) is 77.4 cm³/mol. The van der Waals surface area contributed by atoms with Crippen molar-refractivity contribution in [3.05, 3.63) is 6.20 Å². The molecule has 13 heteroatoms. The van der Waals surface area contributed by atoms with Crippen molar-refractivity contribution < 1.29 is 49.1 Å². The summed E-state index contributed by atoms with van der Waals surface area (Å²) in [5.41, 5.74) is 0.